The largest absolute Gasteiger partial charge is 0.493 e. The zero-order valence-electron chi connectivity index (χ0n) is 15.4. The third kappa shape index (κ3) is 4.68. The number of aliphatic hydroxyl groups is 1. The molecule has 140 valence electrons. The highest BCUT2D eigenvalue weighted by atomic mass is 16.5. The van der Waals surface area contributed by atoms with Gasteiger partial charge in [-0.1, -0.05) is 30.3 Å². The number of β-amino-alcohol motifs (C(OH)–C–C–N with tert-alkyl or cyclic N) is 1. The normalized spacial score (nSPS) is 20.6. The Balaban J connectivity index is 1.52. The van der Waals surface area contributed by atoms with Gasteiger partial charge in [-0.15, -0.1) is 0 Å². The van der Waals surface area contributed by atoms with Crippen molar-refractivity contribution in [2.45, 2.75) is 25.0 Å². The molecule has 0 radical (unpaired) electrons. The summed E-state index contributed by atoms with van der Waals surface area (Å²) in [5.41, 5.74) is 1.32. The van der Waals surface area contributed by atoms with E-state index in [9.17, 15) is 5.11 Å². The molecule has 2 aromatic carbocycles. The first-order valence-electron chi connectivity index (χ1n) is 9.02. The molecule has 26 heavy (non-hydrogen) atoms. The third-order valence-electron chi connectivity index (χ3n) is 4.81. The number of ether oxygens (including phenoxy) is 3. The van der Waals surface area contributed by atoms with Gasteiger partial charge in [0.15, 0.2) is 11.5 Å². The number of hydrogen-bond acceptors (Lipinski definition) is 5. The molecule has 0 saturated carbocycles. The van der Waals surface area contributed by atoms with Crippen molar-refractivity contribution < 1.29 is 19.3 Å². The number of likely N-dealkylation sites (tertiary alicyclic amines) is 1. The van der Waals surface area contributed by atoms with Gasteiger partial charge < -0.3 is 24.2 Å². The van der Waals surface area contributed by atoms with Crippen LogP contribution in [0.25, 0.3) is 0 Å². The lowest BCUT2D eigenvalue weighted by molar-refractivity contribution is -0.0249. The topological polar surface area (TPSA) is 51.2 Å². The van der Waals surface area contributed by atoms with Gasteiger partial charge in [-0.2, -0.15) is 0 Å². The molecule has 1 aliphatic rings. The summed E-state index contributed by atoms with van der Waals surface area (Å²) in [5, 5.41) is 10.5. The standard InChI is InChI=1S/C21H27NO4/c1-24-20-9-8-17(14-21(20)25-2)26-19-11-13-22(15-18(19)23)12-10-16-6-4-3-5-7-16/h3-9,14,18-19,23H,10-13,15H2,1-2H3/t18-,19-/m1/s1. The summed E-state index contributed by atoms with van der Waals surface area (Å²) in [4.78, 5) is 2.30. The maximum Gasteiger partial charge on any atom is 0.164 e. The molecule has 0 aliphatic carbocycles. The number of methoxy groups -OCH3 is 2. The van der Waals surface area contributed by atoms with Crippen molar-refractivity contribution in [1.82, 2.24) is 4.90 Å². The van der Waals surface area contributed by atoms with Gasteiger partial charge in [0.1, 0.15) is 18.0 Å². The van der Waals surface area contributed by atoms with Crippen molar-refractivity contribution >= 4 is 0 Å². The minimum atomic E-state index is -0.507. The highest BCUT2D eigenvalue weighted by Gasteiger charge is 2.29. The lowest BCUT2D eigenvalue weighted by Gasteiger charge is -2.36. The van der Waals surface area contributed by atoms with Crippen LogP contribution in [-0.4, -0.2) is 56.1 Å². The number of aliphatic hydroxyl groups excluding tert-OH is 1. The van der Waals surface area contributed by atoms with Gasteiger partial charge in [-0.05, 0) is 30.5 Å². The summed E-state index contributed by atoms with van der Waals surface area (Å²) >= 11 is 0. The van der Waals surface area contributed by atoms with Crippen LogP contribution in [0.2, 0.25) is 0 Å². The van der Waals surface area contributed by atoms with Crippen LogP contribution in [0, 0.1) is 0 Å². The predicted molar refractivity (Wildman–Crippen MR) is 101 cm³/mol. The van der Waals surface area contributed by atoms with Gasteiger partial charge in [-0.3, -0.25) is 0 Å². The van der Waals surface area contributed by atoms with Gasteiger partial charge in [0, 0.05) is 25.7 Å². The first kappa shape index (κ1) is 18.5. The molecule has 1 heterocycles. The maximum atomic E-state index is 10.5. The Bertz CT molecular complexity index is 692. The molecule has 1 fully saturated rings. The molecule has 1 saturated heterocycles. The first-order valence-corrected chi connectivity index (χ1v) is 9.02. The highest BCUT2D eigenvalue weighted by molar-refractivity contribution is 5.45. The van der Waals surface area contributed by atoms with Crippen molar-refractivity contribution in [3.05, 3.63) is 54.1 Å². The van der Waals surface area contributed by atoms with Crippen LogP contribution in [0.15, 0.2) is 48.5 Å². The summed E-state index contributed by atoms with van der Waals surface area (Å²) < 4.78 is 16.6. The first-order chi connectivity index (χ1) is 12.7. The average Bonchev–Trinajstić information content (AvgIpc) is 2.69. The molecule has 0 amide bonds. The second kappa shape index (κ2) is 8.92. The van der Waals surface area contributed by atoms with E-state index in [1.807, 2.05) is 18.2 Å². The fourth-order valence-electron chi connectivity index (χ4n) is 3.31. The zero-order valence-corrected chi connectivity index (χ0v) is 15.4. The van der Waals surface area contributed by atoms with E-state index in [2.05, 4.69) is 29.2 Å². The van der Waals surface area contributed by atoms with Gasteiger partial charge in [0.05, 0.1) is 14.2 Å². The number of nitrogens with zero attached hydrogens (tertiary/aromatic N) is 1. The SMILES string of the molecule is COc1ccc(O[C@@H]2CCN(CCc3ccccc3)C[C@H]2O)cc1OC. The smallest absolute Gasteiger partial charge is 0.164 e. The summed E-state index contributed by atoms with van der Waals surface area (Å²) in [6.45, 7) is 2.50. The van der Waals surface area contributed by atoms with Crippen LogP contribution in [0.1, 0.15) is 12.0 Å². The quantitative estimate of drug-likeness (QED) is 0.826. The minimum Gasteiger partial charge on any atom is -0.493 e. The molecule has 2 atom stereocenters. The van der Waals surface area contributed by atoms with E-state index in [0.717, 1.165) is 25.9 Å². The third-order valence-corrected chi connectivity index (χ3v) is 4.81. The van der Waals surface area contributed by atoms with E-state index in [4.69, 9.17) is 14.2 Å². The van der Waals surface area contributed by atoms with Crippen LogP contribution >= 0.6 is 0 Å². The van der Waals surface area contributed by atoms with E-state index in [1.54, 1.807) is 20.3 Å². The molecule has 3 rings (SSSR count). The minimum absolute atomic E-state index is 0.207. The van der Waals surface area contributed by atoms with Crippen LogP contribution in [0.5, 0.6) is 17.2 Å². The lowest BCUT2D eigenvalue weighted by Crippen LogP contribution is -2.49. The number of rotatable bonds is 7. The van der Waals surface area contributed by atoms with E-state index < -0.39 is 6.10 Å². The zero-order chi connectivity index (χ0) is 18.4. The van der Waals surface area contributed by atoms with Gasteiger partial charge in [-0.25, -0.2) is 0 Å². The Morgan fingerprint density at radius 2 is 1.81 bits per heavy atom. The molecule has 1 N–H and O–H groups in total. The second-order valence-electron chi connectivity index (χ2n) is 6.57. The van der Waals surface area contributed by atoms with Crippen molar-refractivity contribution in [1.29, 1.82) is 0 Å². The number of benzene rings is 2. The van der Waals surface area contributed by atoms with Crippen molar-refractivity contribution in [2.24, 2.45) is 0 Å². The van der Waals surface area contributed by atoms with Crippen LogP contribution in [-0.2, 0) is 6.42 Å². The fourth-order valence-corrected chi connectivity index (χ4v) is 3.31. The molecular formula is C21H27NO4. The second-order valence-corrected chi connectivity index (χ2v) is 6.57. The molecule has 0 spiro atoms. The Morgan fingerprint density at radius 1 is 1.04 bits per heavy atom. The van der Waals surface area contributed by atoms with Crippen molar-refractivity contribution in [3.8, 4) is 17.2 Å². The Morgan fingerprint density at radius 3 is 2.50 bits per heavy atom. The Labute approximate surface area is 155 Å². The summed E-state index contributed by atoms with van der Waals surface area (Å²) in [6, 6.07) is 15.9. The monoisotopic (exact) mass is 357 g/mol. The summed E-state index contributed by atoms with van der Waals surface area (Å²) in [5.74, 6) is 1.97. The Kier molecular flexibility index (Phi) is 6.36. The Hall–Kier alpha value is -2.24. The van der Waals surface area contributed by atoms with Crippen LogP contribution < -0.4 is 14.2 Å². The predicted octanol–water partition coefficient (Wildman–Crippen LogP) is 2.76. The molecule has 5 nitrogen and oxygen atoms in total. The molecule has 1 aliphatic heterocycles. The fraction of sp³-hybridized carbons (Fsp3) is 0.429. The van der Waals surface area contributed by atoms with Gasteiger partial charge in [0.25, 0.3) is 0 Å². The van der Waals surface area contributed by atoms with Gasteiger partial charge in [0.2, 0.25) is 0 Å². The van der Waals surface area contributed by atoms with Crippen LogP contribution in [0.4, 0.5) is 0 Å². The number of hydrogen-bond donors (Lipinski definition) is 1. The molecule has 5 heteroatoms. The highest BCUT2D eigenvalue weighted by Crippen LogP contribution is 2.32. The number of piperidine rings is 1. The van der Waals surface area contributed by atoms with Crippen molar-refractivity contribution in [3.63, 3.8) is 0 Å². The van der Waals surface area contributed by atoms with Crippen LogP contribution in [0.3, 0.4) is 0 Å². The summed E-state index contributed by atoms with van der Waals surface area (Å²) in [7, 11) is 3.20. The van der Waals surface area contributed by atoms with Gasteiger partial charge >= 0.3 is 0 Å². The van der Waals surface area contributed by atoms with E-state index in [0.29, 0.717) is 23.8 Å². The van der Waals surface area contributed by atoms with E-state index in [-0.39, 0.29) is 6.10 Å². The average molecular weight is 357 g/mol. The summed E-state index contributed by atoms with van der Waals surface area (Å²) in [6.07, 6.45) is 1.08. The molecule has 0 aromatic heterocycles. The molecule has 0 unspecified atom stereocenters. The lowest BCUT2D eigenvalue weighted by atomic mass is 10.0. The van der Waals surface area contributed by atoms with Crippen molar-refractivity contribution in [2.75, 3.05) is 33.9 Å². The van der Waals surface area contributed by atoms with E-state index in [1.165, 1.54) is 5.56 Å². The molecular weight excluding hydrogens is 330 g/mol. The molecule has 0 bridgehead atoms. The maximum absolute atomic E-state index is 10.5. The van der Waals surface area contributed by atoms with E-state index >= 15 is 0 Å². The molecule has 2 aromatic rings.